The number of nitrogens with one attached hydrogen (secondary N) is 2. The number of fused-ring (bicyclic) bond motifs is 1. The van der Waals surface area contributed by atoms with Crippen LogP contribution in [0.3, 0.4) is 0 Å². The molecule has 0 spiro atoms. The fourth-order valence-corrected chi connectivity index (χ4v) is 3.93. The average molecular weight is 356 g/mol. The highest BCUT2D eigenvalue weighted by Gasteiger charge is 2.23. The van der Waals surface area contributed by atoms with Crippen LogP contribution in [0, 0.1) is 6.92 Å². The molecule has 0 amide bonds. The van der Waals surface area contributed by atoms with Crippen LogP contribution in [0.25, 0.3) is 10.6 Å². The molecule has 3 N–H and O–H groups in total. The highest BCUT2D eigenvalue weighted by Crippen LogP contribution is 2.36. The van der Waals surface area contributed by atoms with E-state index in [1.807, 2.05) is 42.6 Å². The third kappa shape index (κ3) is 2.49. The van der Waals surface area contributed by atoms with E-state index in [1.54, 1.807) is 0 Å². The lowest BCUT2D eigenvalue weighted by atomic mass is 10.2. The minimum absolute atomic E-state index is 0.0899. The van der Waals surface area contributed by atoms with E-state index in [4.69, 9.17) is 0 Å². The van der Waals surface area contributed by atoms with E-state index in [1.165, 1.54) is 23.3 Å². The van der Waals surface area contributed by atoms with Crippen LogP contribution >= 0.6 is 23.3 Å². The normalized spacial score (nSPS) is 13.1. The van der Waals surface area contributed by atoms with Gasteiger partial charge >= 0.3 is 0 Å². The molecule has 1 aromatic carbocycles. The first-order chi connectivity index (χ1) is 11.6. The predicted octanol–water partition coefficient (Wildman–Crippen LogP) is 3.20. The summed E-state index contributed by atoms with van der Waals surface area (Å²) in [6, 6.07) is 9.56. The van der Waals surface area contributed by atoms with Gasteiger partial charge in [-0.05, 0) is 48.0 Å². The van der Waals surface area contributed by atoms with E-state index in [0.717, 1.165) is 21.0 Å². The lowest BCUT2D eigenvalue weighted by molar-refractivity contribution is 0.471. The quantitative estimate of drug-likeness (QED) is 0.614. The minimum atomic E-state index is -0.491. The Morgan fingerprint density at radius 1 is 1.25 bits per heavy atom. The van der Waals surface area contributed by atoms with Gasteiger partial charge in [-0.25, -0.2) is 10.1 Å². The van der Waals surface area contributed by atoms with Crippen LogP contribution in [0.1, 0.15) is 11.1 Å². The Hall–Kier alpha value is -2.58. The maximum Gasteiger partial charge on any atom is 0.279 e. The Kier molecular flexibility index (Phi) is 3.62. The lowest BCUT2D eigenvalue weighted by Crippen LogP contribution is -2.28. The number of aromatic hydroxyl groups is 1. The Morgan fingerprint density at radius 3 is 2.92 bits per heavy atom. The number of aliphatic imine (C=N–C) groups is 1. The maximum atomic E-state index is 12.2. The van der Waals surface area contributed by atoms with Gasteiger partial charge < -0.3 is 9.83 Å². The van der Waals surface area contributed by atoms with Crippen molar-refractivity contribution < 1.29 is 5.11 Å². The van der Waals surface area contributed by atoms with Gasteiger partial charge in [-0.15, -0.1) is 11.3 Å². The summed E-state index contributed by atoms with van der Waals surface area (Å²) in [6.07, 6.45) is 0. The van der Waals surface area contributed by atoms with Crippen molar-refractivity contribution in [3.05, 3.63) is 57.2 Å². The number of H-pyrrole nitrogens is 1. The molecule has 0 aliphatic carbocycles. The van der Waals surface area contributed by atoms with Crippen LogP contribution in [0.4, 0.5) is 5.69 Å². The van der Waals surface area contributed by atoms with Gasteiger partial charge in [-0.3, -0.25) is 4.79 Å². The summed E-state index contributed by atoms with van der Waals surface area (Å²) in [7, 11) is 0. The predicted molar refractivity (Wildman–Crippen MR) is 96.2 cm³/mol. The number of benzene rings is 1. The number of aryl methyl sites for hydroxylation is 1. The monoisotopic (exact) mass is 356 g/mol. The van der Waals surface area contributed by atoms with Crippen molar-refractivity contribution >= 4 is 34.8 Å². The lowest BCUT2D eigenvalue weighted by Gasteiger charge is -2.17. The van der Waals surface area contributed by atoms with Gasteiger partial charge in [0.05, 0.1) is 15.5 Å². The summed E-state index contributed by atoms with van der Waals surface area (Å²) in [5.41, 5.74) is 1.82. The zero-order valence-corrected chi connectivity index (χ0v) is 14.2. The first-order valence-corrected chi connectivity index (χ1v) is 8.81. The molecule has 0 atom stereocenters. The molecule has 0 unspecified atom stereocenters. The number of nitrogens with zero attached hydrogens (tertiary/aromatic N) is 2. The minimum Gasteiger partial charge on any atom is -0.505 e. The molecule has 1 aliphatic heterocycles. The van der Waals surface area contributed by atoms with Gasteiger partial charge in [0, 0.05) is 0 Å². The largest absolute Gasteiger partial charge is 0.505 e. The van der Waals surface area contributed by atoms with E-state index in [0.29, 0.717) is 11.5 Å². The second-order valence-corrected chi connectivity index (χ2v) is 7.03. The zero-order chi connectivity index (χ0) is 16.7. The van der Waals surface area contributed by atoms with Gasteiger partial charge in [0.15, 0.2) is 11.6 Å². The first-order valence-electron chi connectivity index (χ1n) is 7.11. The molecule has 0 saturated carbocycles. The van der Waals surface area contributed by atoms with E-state index >= 15 is 0 Å². The number of amidine groups is 1. The molecular formula is C16H12N4O2S2. The molecule has 0 fully saturated rings. The topological polar surface area (TPSA) is 90.4 Å². The number of aromatic nitrogens is 2. The van der Waals surface area contributed by atoms with Crippen LogP contribution in [-0.4, -0.2) is 21.1 Å². The summed E-state index contributed by atoms with van der Waals surface area (Å²) in [6.45, 7) is 2.01. The van der Waals surface area contributed by atoms with Crippen LogP contribution in [0.15, 0.2) is 50.4 Å². The summed E-state index contributed by atoms with van der Waals surface area (Å²) >= 11 is 2.80. The SMILES string of the molecule is Cc1ccc2c(c1)SNC(c1c(O)c(-c3cccs3)n[nH]c1=O)=N2. The van der Waals surface area contributed by atoms with Crippen molar-refractivity contribution in [1.29, 1.82) is 0 Å². The van der Waals surface area contributed by atoms with Crippen LogP contribution in [-0.2, 0) is 0 Å². The van der Waals surface area contributed by atoms with Crippen molar-refractivity contribution in [3.8, 4) is 16.3 Å². The summed E-state index contributed by atoms with van der Waals surface area (Å²) in [4.78, 5) is 18.4. The number of rotatable bonds is 2. The van der Waals surface area contributed by atoms with Crippen LogP contribution < -0.4 is 10.3 Å². The number of thiophene rings is 1. The second-order valence-electron chi connectivity index (χ2n) is 5.24. The molecule has 2 aromatic heterocycles. The fourth-order valence-electron chi connectivity index (χ4n) is 2.40. The number of hydrogen-bond donors (Lipinski definition) is 3. The summed E-state index contributed by atoms with van der Waals surface area (Å²) < 4.78 is 3.04. The molecule has 24 heavy (non-hydrogen) atoms. The Morgan fingerprint density at radius 2 is 2.12 bits per heavy atom. The molecule has 3 heterocycles. The van der Waals surface area contributed by atoms with Crippen molar-refractivity contribution in [1.82, 2.24) is 14.9 Å². The van der Waals surface area contributed by atoms with E-state index in [-0.39, 0.29) is 11.3 Å². The molecule has 3 aromatic rings. The number of hydrogen-bond acceptors (Lipinski definition) is 7. The maximum absolute atomic E-state index is 12.2. The molecule has 0 bridgehead atoms. The standard InChI is InChI=1S/C16H12N4O2S2/c1-8-4-5-9-11(7-8)24-20-15(17-9)12-14(21)13(18-19-16(12)22)10-3-2-6-23-10/h2-7H,1H3,(H,17,20)(H2,19,21,22). The van der Waals surface area contributed by atoms with E-state index in [2.05, 4.69) is 19.9 Å². The average Bonchev–Trinajstić information content (AvgIpc) is 3.09. The number of aromatic amines is 1. The first kappa shape index (κ1) is 15.0. The van der Waals surface area contributed by atoms with Crippen molar-refractivity contribution in [2.45, 2.75) is 11.8 Å². The van der Waals surface area contributed by atoms with E-state index in [9.17, 15) is 9.90 Å². The van der Waals surface area contributed by atoms with Gasteiger partial charge in [0.1, 0.15) is 11.3 Å². The molecule has 1 aliphatic rings. The molecule has 8 heteroatoms. The van der Waals surface area contributed by atoms with Crippen LogP contribution in [0.2, 0.25) is 0 Å². The van der Waals surface area contributed by atoms with Crippen molar-refractivity contribution in [2.75, 3.05) is 0 Å². The highest BCUT2D eigenvalue weighted by atomic mass is 32.2. The second kappa shape index (κ2) is 5.81. The van der Waals surface area contributed by atoms with Crippen molar-refractivity contribution in [3.63, 3.8) is 0 Å². The molecule has 4 rings (SSSR count). The Bertz CT molecular complexity index is 1010. The fraction of sp³-hybridized carbons (Fsp3) is 0.0625. The third-order valence-corrected chi connectivity index (χ3v) is 5.27. The van der Waals surface area contributed by atoms with Gasteiger partial charge in [0.25, 0.3) is 5.56 Å². The van der Waals surface area contributed by atoms with E-state index < -0.39 is 5.56 Å². The van der Waals surface area contributed by atoms with Gasteiger partial charge in [-0.2, -0.15) is 5.10 Å². The Labute approximate surface area is 145 Å². The summed E-state index contributed by atoms with van der Waals surface area (Å²) in [5, 5.41) is 18.9. The zero-order valence-electron chi connectivity index (χ0n) is 12.5. The Balaban J connectivity index is 1.87. The van der Waals surface area contributed by atoms with Crippen molar-refractivity contribution in [2.24, 2.45) is 4.99 Å². The molecule has 0 saturated heterocycles. The van der Waals surface area contributed by atoms with Crippen LogP contribution in [0.5, 0.6) is 5.75 Å². The third-order valence-electron chi connectivity index (χ3n) is 3.55. The molecule has 6 nitrogen and oxygen atoms in total. The summed E-state index contributed by atoms with van der Waals surface area (Å²) in [5.74, 6) is 0.138. The molecule has 0 radical (unpaired) electrons. The molecule has 120 valence electrons. The van der Waals surface area contributed by atoms with Gasteiger partial charge in [0.2, 0.25) is 0 Å². The van der Waals surface area contributed by atoms with Gasteiger partial charge in [-0.1, -0.05) is 12.1 Å². The highest BCUT2D eigenvalue weighted by molar-refractivity contribution is 7.98. The molecular weight excluding hydrogens is 344 g/mol. The smallest absolute Gasteiger partial charge is 0.279 e.